The van der Waals surface area contributed by atoms with Crippen molar-refractivity contribution in [3.8, 4) is 11.5 Å². The Morgan fingerprint density at radius 2 is 1.93 bits per heavy atom. The van der Waals surface area contributed by atoms with E-state index in [2.05, 4.69) is 5.16 Å². The number of carbonyl (C=O) groups excluding carboxylic acids is 2. The number of nitrogens with zero attached hydrogens (tertiary/aromatic N) is 2. The van der Waals surface area contributed by atoms with E-state index in [0.29, 0.717) is 31.0 Å². The normalized spacial score (nSPS) is 19.0. The summed E-state index contributed by atoms with van der Waals surface area (Å²) in [5, 5.41) is 11.4. The van der Waals surface area contributed by atoms with Gasteiger partial charge in [-0.1, -0.05) is 35.5 Å². The molecule has 0 aromatic heterocycles. The maximum Gasteiger partial charge on any atom is 0.415 e. The van der Waals surface area contributed by atoms with Crippen LogP contribution in [0.1, 0.15) is 5.56 Å². The van der Waals surface area contributed by atoms with Gasteiger partial charge >= 0.3 is 6.09 Å². The molecule has 2 aromatic rings. The highest BCUT2D eigenvalue weighted by Crippen LogP contribution is 2.27. The van der Waals surface area contributed by atoms with Crippen molar-refractivity contribution in [2.75, 3.05) is 19.7 Å². The lowest BCUT2D eigenvalue weighted by molar-refractivity contribution is -0.111. The third-order valence-electron chi connectivity index (χ3n) is 4.78. The van der Waals surface area contributed by atoms with Crippen molar-refractivity contribution in [1.82, 2.24) is 4.90 Å². The predicted octanol–water partition coefficient (Wildman–Crippen LogP) is 2.30. The molecule has 2 aromatic carbocycles. The van der Waals surface area contributed by atoms with Crippen LogP contribution in [0.2, 0.25) is 0 Å². The zero-order valence-electron chi connectivity index (χ0n) is 15.8. The van der Waals surface area contributed by atoms with Crippen molar-refractivity contribution in [2.24, 2.45) is 22.7 Å². The molecule has 3 N–H and O–H groups in total. The highest BCUT2D eigenvalue weighted by molar-refractivity contribution is 5.81. The Morgan fingerprint density at radius 1 is 1.17 bits per heavy atom. The first kappa shape index (κ1) is 20.2. The van der Waals surface area contributed by atoms with Gasteiger partial charge in [-0.25, -0.2) is 4.79 Å². The molecule has 152 valence electrons. The molecular formula is C21H23N3O5. The number of hydrogen-bond donors (Lipinski definition) is 2. The first-order chi connectivity index (χ1) is 14.1. The average Bonchev–Trinajstić information content (AvgIpc) is 3.16. The molecule has 0 radical (unpaired) electrons. The topological polar surface area (TPSA) is 114 Å². The van der Waals surface area contributed by atoms with Gasteiger partial charge in [-0.3, -0.25) is 0 Å². The molecule has 1 heterocycles. The SMILES string of the molecule is NC(COc1cccc(CC2CN(C(=O)Oc3ccccc3)C[C@@H]2C=O)c1)=NO. The number of likely N-dealkylation sites (tertiary alicyclic amines) is 1. The molecule has 1 fully saturated rings. The Kier molecular flexibility index (Phi) is 6.67. The number of aldehydes is 1. The minimum absolute atomic E-state index is 0.0184. The Morgan fingerprint density at radius 3 is 2.66 bits per heavy atom. The van der Waals surface area contributed by atoms with E-state index in [9.17, 15) is 9.59 Å². The fourth-order valence-corrected chi connectivity index (χ4v) is 3.32. The van der Waals surface area contributed by atoms with E-state index >= 15 is 0 Å². The average molecular weight is 397 g/mol. The smallest absolute Gasteiger partial charge is 0.415 e. The second-order valence-electron chi connectivity index (χ2n) is 6.88. The van der Waals surface area contributed by atoms with Gasteiger partial charge < -0.3 is 30.1 Å². The molecule has 3 rings (SSSR count). The minimum atomic E-state index is -0.457. The first-order valence-electron chi connectivity index (χ1n) is 9.24. The summed E-state index contributed by atoms with van der Waals surface area (Å²) < 4.78 is 10.9. The van der Waals surface area contributed by atoms with Crippen LogP contribution in [0.3, 0.4) is 0 Å². The zero-order chi connectivity index (χ0) is 20.6. The monoisotopic (exact) mass is 397 g/mol. The number of amides is 1. The number of rotatable bonds is 7. The van der Waals surface area contributed by atoms with E-state index in [0.717, 1.165) is 11.8 Å². The number of hydrogen-bond acceptors (Lipinski definition) is 6. The van der Waals surface area contributed by atoms with Crippen molar-refractivity contribution in [3.05, 3.63) is 60.2 Å². The van der Waals surface area contributed by atoms with Crippen LogP contribution in [0.4, 0.5) is 4.79 Å². The van der Waals surface area contributed by atoms with Crippen molar-refractivity contribution in [2.45, 2.75) is 6.42 Å². The molecule has 0 aliphatic carbocycles. The summed E-state index contributed by atoms with van der Waals surface area (Å²) in [4.78, 5) is 25.6. The summed E-state index contributed by atoms with van der Waals surface area (Å²) in [7, 11) is 0. The third-order valence-corrected chi connectivity index (χ3v) is 4.78. The largest absolute Gasteiger partial charge is 0.486 e. The van der Waals surface area contributed by atoms with Crippen molar-refractivity contribution in [3.63, 3.8) is 0 Å². The molecule has 1 saturated heterocycles. The van der Waals surface area contributed by atoms with Crippen molar-refractivity contribution < 1.29 is 24.3 Å². The van der Waals surface area contributed by atoms with Gasteiger partial charge in [0.15, 0.2) is 5.84 Å². The van der Waals surface area contributed by atoms with E-state index in [1.165, 1.54) is 0 Å². The summed E-state index contributed by atoms with van der Waals surface area (Å²) in [5.74, 6) is 0.740. The molecule has 1 unspecified atom stereocenters. The zero-order valence-corrected chi connectivity index (χ0v) is 15.8. The summed E-state index contributed by atoms with van der Waals surface area (Å²) in [6, 6.07) is 16.2. The van der Waals surface area contributed by atoms with Crippen LogP contribution in [0, 0.1) is 11.8 Å². The van der Waals surface area contributed by atoms with Gasteiger partial charge in [0.25, 0.3) is 0 Å². The van der Waals surface area contributed by atoms with Crippen molar-refractivity contribution >= 4 is 18.2 Å². The maximum atomic E-state index is 12.4. The van der Waals surface area contributed by atoms with Crippen LogP contribution >= 0.6 is 0 Å². The number of benzene rings is 2. The second kappa shape index (κ2) is 9.59. The molecule has 1 amide bonds. The fourth-order valence-electron chi connectivity index (χ4n) is 3.32. The number of para-hydroxylation sites is 1. The third kappa shape index (κ3) is 5.47. The molecule has 2 atom stereocenters. The van der Waals surface area contributed by atoms with Gasteiger partial charge in [-0.05, 0) is 42.2 Å². The van der Waals surface area contributed by atoms with Gasteiger partial charge in [0, 0.05) is 19.0 Å². The molecule has 0 bridgehead atoms. The van der Waals surface area contributed by atoms with Gasteiger partial charge in [-0.2, -0.15) is 0 Å². The summed E-state index contributed by atoms with van der Waals surface area (Å²) in [5.41, 5.74) is 6.38. The molecule has 0 saturated carbocycles. The van der Waals surface area contributed by atoms with E-state index in [4.69, 9.17) is 20.4 Å². The van der Waals surface area contributed by atoms with Crippen LogP contribution in [-0.2, 0) is 11.2 Å². The standard InChI is InChI=1S/C21H23N3O5/c22-20(23-27)14-28-19-8-4-5-15(10-19)9-16-11-24(12-17(16)13-25)21(26)29-18-6-2-1-3-7-18/h1-8,10,13,16-17,27H,9,11-12,14H2,(H2,22,23)/t16?,17-/m1/s1. The van der Waals surface area contributed by atoms with Crippen LogP contribution in [0.5, 0.6) is 11.5 Å². The maximum absolute atomic E-state index is 12.4. The predicted molar refractivity (Wildman–Crippen MR) is 106 cm³/mol. The number of ether oxygens (including phenoxy) is 2. The first-order valence-corrected chi connectivity index (χ1v) is 9.24. The number of amidine groups is 1. The lowest BCUT2D eigenvalue weighted by Crippen LogP contribution is -2.32. The van der Waals surface area contributed by atoms with Gasteiger partial charge in [-0.15, -0.1) is 0 Å². The molecule has 0 spiro atoms. The lowest BCUT2D eigenvalue weighted by atomic mass is 9.91. The summed E-state index contributed by atoms with van der Waals surface area (Å²) >= 11 is 0. The molecular weight excluding hydrogens is 374 g/mol. The molecule has 1 aliphatic rings. The summed E-state index contributed by atoms with van der Waals surface area (Å²) in [6.07, 6.45) is 1.06. The highest BCUT2D eigenvalue weighted by Gasteiger charge is 2.36. The van der Waals surface area contributed by atoms with E-state index in [-0.39, 0.29) is 24.3 Å². The van der Waals surface area contributed by atoms with Crippen LogP contribution < -0.4 is 15.2 Å². The van der Waals surface area contributed by atoms with Gasteiger partial charge in [0.1, 0.15) is 24.4 Å². The lowest BCUT2D eigenvalue weighted by Gasteiger charge is -2.16. The minimum Gasteiger partial charge on any atom is -0.486 e. The summed E-state index contributed by atoms with van der Waals surface area (Å²) in [6.45, 7) is 0.739. The molecule has 8 heteroatoms. The number of oxime groups is 1. The van der Waals surface area contributed by atoms with Crippen LogP contribution in [0.15, 0.2) is 59.8 Å². The fraction of sp³-hybridized carbons (Fsp3) is 0.286. The van der Waals surface area contributed by atoms with E-state index < -0.39 is 6.09 Å². The molecule has 29 heavy (non-hydrogen) atoms. The Balaban J connectivity index is 1.61. The Hall–Kier alpha value is -3.55. The molecule has 8 nitrogen and oxygen atoms in total. The second-order valence-corrected chi connectivity index (χ2v) is 6.88. The van der Waals surface area contributed by atoms with E-state index in [1.54, 1.807) is 35.2 Å². The van der Waals surface area contributed by atoms with Crippen LogP contribution in [0.25, 0.3) is 0 Å². The van der Waals surface area contributed by atoms with Gasteiger partial charge in [0.05, 0.1) is 0 Å². The highest BCUT2D eigenvalue weighted by atomic mass is 16.6. The quantitative estimate of drug-likeness (QED) is 0.244. The number of nitrogens with two attached hydrogens (primary N) is 1. The molecule has 1 aliphatic heterocycles. The van der Waals surface area contributed by atoms with Crippen molar-refractivity contribution in [1.29, 1.82) is 0 Å². The van der Waals surface area contributed by atoms with E-state index in [1.807, 2.05) is 24.3 Å². The van der Waals surface area contributed by atoms with Crippen LogP contribution in [-0.4, -0.2) is 48.0 Å². The number of carbonyl (C=O) groups is 2. The Bertz CT molecular complexity index is 872. The Labute approximate surface area is 168 Å². The van der Waals surface area contributed by atoms with Gasteiger partial charge in [0.2, 0.25) is 0 Å².